The van der Waals surface area contributed by atoms with Crippen molar-refractivity contribution in [3.63, 3.8) is 0 Å². The lowest BCUT2D eigenvalue weighted by Crippen LogP contribution is -2.28. The Bertz CT molecular complexity index is 1150. The van der Waals surface area contributed by atoms with Gasteiger partial charge in [-0.05, 0) is 50.1 Å². The number of hydrogen-bond donors (Lipinski definition) is 0. The van der Waals surface area contributed by atoms with Gasteiger partial charge in [0.05, 0.1) is 18.2 Å². The molecule has 1 saturated heterocycles. The van der Waals surface area contributed by atoms with Crippen LogP contribution in [0.2, 0.25) is 0 Å². The molecule has 0 amide bonds. The molecule has 11 heteroatoms. The van der Waals surface area contributed by atoms with Crippen LogP contribution in [0.25, 0.3) is 0 Å². The van der Waals surface area contributed by atoms with Gasteiger partial charge in [0.1, 0.15) is 16.4 Å². The molecule has 33 heavy (non-hydrogen) atoms. The van der Waals surface area contributed by atoms with E-state index in [1.807, 2.05) is 0 Å². The Kier molecular flexibility index (Phi) is 7.65. The third-order valence-corrected chi connectivity index (χ3v) is 6.99. The Morgan fingerprint density at radius 3 is 2.36 bits per heavy atom. The van der Waals surface area contributed by atoms with Crippen LogP contribution in [-0.2, 0) is 14.8 Å². The smallest absolute Gasteiger partial charge is 0.387 e. The SMILES string of the molecule is COc1ccc(C(=O)OCC(=O)c2cc(C)ccc2OC(F)F)cc1S(=O)(=O)N1CCCC1. The predicted molar refractivity (Wildman–Crippen MR) is 113 cm³/mol. The van der Waals surface area contributed by atoms with Crippen molar-refractivity contribution in [2.24, 2.45) is 0 Å². The van der Waals surface area contributed by atoms with Crippen molar-refractivity contribution in [1.82, 2.24) is 4.31 Å². The highest BCUT2D eigenvalue weighted by Gasteiger charge is 2.31. The quantitative estimate of drug-likeness (QED) is 0.398. The van der Waals surface area contributed by atoms with E-state index in [1.165, 1.54) is 41.7 Å². The minimum absolute atomic E-state index is 0.0723. The molecule has 0 bridgehead atoms. The number of esters is 1. The number of ether oxygens (including phenoxy) is 3. The number of benzene rings is 2. The standard InChI is InChI=1S/C22H23F2NO7S/c1-14-5-7-18(32-22(23)24)16(11-14)17(26)13-31-21(27)15-6-8-19(30-2)20(12-15)33(28,29)25-9-3-4-10-25/h5-8,11-12,22H,3-4,9-10,13H2,1-2H3. The fourth-order valence-electron chi connectivity index (χ4n) is 3.43. The summed E-state index contributed by atoms with van der Waals surface area (Å²) < 4.78 is 67.0. The number of nitrogens with zero attached hydrogens (tertiary/aromatic N) is 1. The number of alkyl halides is 2. The van der Waals surface area contributed by atoms with Gasteiger partial charge in [-0.25, -0.2) is 13.2 Å². The van der Waals surface area contributed by atoms with Crippen LogP contribution in [0.15, 0.2) is 41.3 Å². The molecule has 8 nitrogen and oxygen atoms in total. The van der Waals surface area contributed by atoms with Gasteiger partial charge in [-0.1, -0.05) is 11.6 Å². The van der Waals surface area contributed by atoms with Gasteiger partial charge in [-0.2, -0.15) is 13.1 Å². The molecule has 3 rings (SSSR count). The molecule has 0 aromatic heterocycles. The number of hydrogen-bond acceptors (Lipinski definition) is 7. The van der Waals surface area contributed by atoms with E-state index in [9.17, 15) is 26.8 Å². The van der Waals surface area contributed by atoms with Crippen LogP contribution in [0.3, 0.4) is 0 Å². The first-order valence-corrected chi connectivity index (χ1v) is 11.5. The molecule has 1 heterocycles. The lowest BCUT2D eigenvalue weighted by Gasteiger charge is -2.18. The van der Waals surface area contributed by atoms with Crippen molar-refractivity contribution in [3.8, 4) is 11.5 Å². The Morgan fingerprint density at radius 2 is 1.73 bits per heavy atom. The lowest BCUT2D eigenvalue weighted by atomic mass is 10.1. The average Bonchev–Trinajstić information content (AvgIpc) is 3.33. The van der Waals surface area contributed by atoms with Crippen molar-refractivity contribution in [3.05, 3.63) is 53.1 Å². The van der Waals surface area contributed by atoms with E-state index >= 15 is 0 Å². The van der Waals surface area contributed by atoms with Gasteiger partial charge in [-0.3, -0.25) is 4.79 Å². The average molecular weight is 483 g/mol. The van der Waals surface area contributed by atoms with Crippen LogP contribution >= 0.6 is 0 Å². The molecule has 0 aliphatic carbocycles. The first kappa shape index (κ1) is 24.6. The third-order valence-electron chi connectivity index (χ3n) is 5.07. The summed E-state index contributed by atoms with van der Waals surface area (Å²) in [6.07, 6.45) is 1.48. The summed E-state index contributed by atoms with van der Waals surface area (Å²) in [6, 6.07) is 7.86. The molecule has 0 spiro atoms. The van der Waals surface area contributed by atoms with Gasteiger partial charge in [0, 0.05) is 13.1 Å². The van der Waals surface area contributed by atoms with E-state index in [0.717, 1.165) is 18.9 Å². The van der Waals surface area contributed by atoms with Gasteiger partial charge in [0.25, 0.3) is 0 Å². The molecule has 1 aliphatic rings. The molecule has 0 radical (unpaired) electrons. The number of rotatable bonds is 9. The Hall–Kier alpha value is -3.05. The summed E-state index contributed by atoms with van der Waals surface area (Å²) in [5.41, 5.74) is 0.364. The molecule has 1 aliphatic heterocycles. The van der Waals surface area contributed by atoms with Gasteiger partial charge in [-0.15, -0.1) is 0 Å². The maximum absolute atomic E-state index is 13.0. The molecular formula is C22H23F2NO7S. The highest BCUT2D eigenvalue weighted by molar-refractivity contribution is 7.89. The number of halogens is 2. The molecule has 0 N–H and O–H groups in total. The Morgan fingerprint density at radius 1 is 1.06 bits per heavy atom. The number of carbonyl (C=O) groups is 2. The fourth-order valence-corrected chi connectivity index (χ4v) is 5.12. The monoisotopic (exact) mass is 483 g/mol. The second-order valence-electron chi connectivity index (χ2n) is 7.35. The van der Waals surface area contributed by atoms with Crippen molar-refractivity contribution in [2.75, 3.05) is 26.8 Å². The summed E-state index contributed by atoms with van der Waals surface area (Å²) in [6.45, 7) is -1.48. The Balaban J connectivity index is 1.79. The van der Waals surface area contributed by atoms with Gasteiger partial charge in [0.2, 0.25) is 15.8 Å². The number of methoxy groups -OCH3 is 1. The lowest BCUT2D eigenvalue weighted by molar-refractivity contribution is -0.0502. The van der Waals surface area contributed by atoms with Crippen LogP contribution < -0.4 is 9.47 Å². The summed E-state index contributed by atoms with van der Waals surface area (Å²) in [5.74, 6) is -1.96. The second kappa shape index (κ2) is 10.3. The van der Waals surface area contributed by atoms with Crippen molar-refractivity contribution >= 4 is 21.8 Å². The van der Waals surface area contributed by atoms with Crippen molar-refractivity contribution in [2.45, 2.75) is 31.3 Å². The van der Waals surface area contributed by atoms with Crippen LogP contribution in [0, 0.1) is 6.92 Å². The molecule has 0 atom stereocenters. The molecule has 178 valence electrons. The summed E-state index contributed by atoms with van der Waals surface area (Å²) >= 11 is 0. The summed E-state index contributed by atoms with van der Waals surface area (Å²) in [5, 5.41) is 0. The fraction of sp³-hybridized carbons (Fsp3) is 0.364. The van der Waals surface area contributed by atoms with E-state index in [0.29, 0.717) is 18.7 Å². The topological polar surface area (TPSA) is 99.2 Å². The normalized spacial score (nSPS) is 14.3. The van der Waals surface area contributed by atoms with E-state index in [4.69, 9.17) is 9.47 Å². The number of sulfonamides is 1. The molecule has 0 unspecified atom stereocenters. The van der Waals surface area contributed by atoms with Crippen molar-refractivity contribution in [1.29, 1.82) is 0 Å². The van der Waals surface area contributed by atoms with Gasteiger partial charge >= 0.3 is 12.6 Å². The predicted octanol–water partition coefficient (Wildman–Crippen LogP) is 3.43. The zero-order valence-electron chi connectivity index (χ0n) is 18.0. The first-order chi connectivity index (χ1) is 15.6. The third kappa shape index (κ3) is 5.66. The maximum Gasteiger partial charge on any atom is 0.387 e. The highest BCUT2D eigenvalue weighted by atomic mass is 32.2. The molecule has 2 aromatic carbocycles. The summed E-state index contributed by atoms with van der Waals surface area (Å²) in [7, 11) is -2.57. The second-order valence-corrected chi connectivity index (χ2v) is 9.26. The Labute approximate surface area is 190 Å². The van der Waals surface area contributed by atoms with Crippen LogP contribution in [0.4, 0.5) is 8.78 Å². The molecule has 1 fully saturated rings. The largest absolute Gasteiger partial charge is 0.495 e. The van der Waals surface area contributed by atoms with E-state index in [1.54, 1.807) is 6.92 Å². The van der Waals surface area contributed by atoms with Crippen LogP contribution in [-0.4, -0.2) is 57.9 Å². The number of ketones is 1. The van der Waals surface area contributed by atoms with Gasteiger partial charge < -0.3 is 14.2 Å². The zero-order chi connectivity index (χ0) is 24.2. The van der Waals surface area contributed by atoms with E-state index < -0.39 is 35.0 Å². The zero-order valence-corrected chi connectivity index (χ0v) is 18.9. The first-order valence-electron chi connectivity index (χ1n) is 10.1. The summed E-state index contributed by atoms with van der Waals surface area (Å²) in [4.78, 5) is 24.9. The highest BCUT2D eigenvalue weighted by Crippen LogP contribution is 2.30. The number of carbonyl (C=O) groups excluding carboxylic acids is 2. The van der Waals surface area contributed by atoms with E-state index in [-0.39, 0.29) is 27.5 Å². The minimum Gasteiger partial charge on any atom is -0.495 e. The van der Waals surface area contributed by atoms with Gasteiger partial charge in [0.15, 0.2) is 6.61 Å². The van der Waals surface area contributed by atoms with Crippen LogP contribution in [0.1, 0.15) is 39.1 Å². The van der Waals surface area contributed by atoms with E-state index in [2.05, 4.69) is 4.74 Å². The molecular weight excluding hydrogens is 460 g/mol. The van der Waals surface area contributed by atoms with Crippen LogP contribution in [0.5, 0.6) is 11.5 Å². The van der Waals surface area contributed by atoms with Crippen molar-refractivity contribution < 1.29 is 41.0 Å². The minimum atomic E-state index is -3.89. The molecule has 2 aromatic rings. The molecule has 0 saturated carbocycles. The number of Topliss-reactive ketones (excluding diaryl/α,β-unsaturated/α-hetero) is 1. The maximum atomic E-state index is 13.0. The number of aryl methyl sites for hydroxylation is 1.